The molecule has 2 heterocycles. The highest BCUT2D eigenvalue weighted by Gasteiger charge is 2.23. The quantitative estimate of drug-likeness (QED) is 0.523. The SMILES string of the molecule is COc1ccc(-c2nc(=S)c3c([nH]2)Oc2ccccc2C3)c(OC)c1OC. The van der Waals surface area contributed by atoms with Crippen molar-refractivity contribution >= 4 is 12.2 Å². The highest BCUT2D eigenvalue weighted by Crippen LogP contribution is 2.44. The predicted octanol–water partition coefficient (Wildman–Crippen LogP) is 4.53. The molecule has 0 bridgehead atoms. The highest BCUT2D eigenvalue weighted by molar-refractivity contribution is 7.71. The standard InChI is InChI=1S/C20H18N2O4S/c1-23-15-9-8-12(16(24-2)17(15)25-3)18-21-19-13(20(27)22-18)10-11-6-4-5-7-14(11)26-19/h4-9H,10H2,1-3H3,(H,21,22,27). The largest absolute Gasteiger partial charge is 0.493 e. The first-order chi connectivity index (χ1) is 13.2. The summed E-state index contributed by atoms with van der Waals surface area (Å²) < 4.78 is 22.9. The van der Waals surface area contributed by atoms with Gasteiger partial charge in [0, 0.05) is 6.42 Å². The molecule has 0 unspecified atom stereocenters. The number of fused-ring (bicyclic) bond motifs is 2. The molecule has 1 aliphatic rings. The second-order valence-electron chi connectivity index (χ2n) is 5.97. The summed E-state index contributed by atoms with van der Waals surface area (Å²) >= 11 is 5.54. The Morgan fingerprint density at radius 2 is 1.78 bits per heavy atom. The van der Waals surface area contributed by atoms with E-state index in [0.29, 0.717) is 45.6 Å². The van der Waals surface area contributed by atoms with Gasteiger partial charge >= 0.3 is 0 Å². The van der Waals surface area contributed by atoms with Crippen LogP contribution in [0, 0.1) is 4.64 Å². The van der Waals surface area contributed by atoms with E-state index in [1.165, 1.54) is 0 Å². The first kappa shape index (κ1) is 17.4. The van der Waals surface area contributed by atoms with E-state index in [9.17, 15) is 0 Å². The fourth-order valence-electron chi connectivity index (χ4n) is 3.19. The third kappa shape index (κ3) is 2.90. The monoisotopic (exact) mass is 382 g/mol. The molecule has 138 valence electrons. The number of H-pyrrole nitrogens is 1. The first-order valence-electron chi connectivity index (χ1n) is 8.34. The van der Waals surface area contributed by atoms with Crippen LogP contribution >= 0.6 is 12.2 Å². The van der Waals surface area contributed by atoms with Gasteiger partial charge in [-0.2, -0.15) is 0 Å². The summed E-state index contributed by atoms with van der Waals surface area (Å²) in [6.45, 7) is 0. The van der Waals surface area contributed by atoms with Gasteiger partial charge in [-0.1, -0.05) is 30.4 Å². The van der Waals surface area contributed by atoms with Crippen LogP contribution < -0.4 is 18.9 Å². The number of nitrogens with zero attached hydrogens (tertiary/aromatic N) is 1. The number of nitrogens with one attached hydrogen (secondary N) is 1. The van der Waals surface area contributed by atoms with E-state index in [1.54, 1.807) is 27.4 Å². The van der Waals surface area contributed by atoms with E-state index in [4.69, 9.17) is 31.2 Å². The summed E-state index contributed by atoms with van der Waals surface area (Å²) in [6, 6.07) is 11.5. The fraction of sp³-hybridized carbons (Fsp3) is 0.200. The summed E-state index contributed by atoms with van der Waals surface area (Å²) in [4.78, 5) is 7.82. The molecule has 27 heavy (non-hydrogen) atoms. The zero-order valence-corrected chi connectivity index (χ0v) is 16.0. The van der Waals surface area contributed by atoms with Crippen LogP contribution in [0.25, 0.3) is 11.4 Å². The van der Waals surface area contributed by atoms with E-state index >= 15 is 0 Å². The van der Waals surface area contributed by atoms with Gasteiger partial charge in [0.05, 0.1) is 32.5 Å². The van der Waals surface area contributed by atoms with Crippen molar-refractivity contribution in [3.63, 3.8) is 0 Å². The first-order valence-corrected chi connectivity index (χ1v) is 8.75. The van der Waals surface area contributed by atoms with Crippen molar-refractivity contribution in [2.45, 2.75) is 6.42 Å². The second-order valence-corrected chi connectivity index (χ2v) is 6.35. The van der Waals surface area contributed by atoms with Crippen molar-refractivity contribution < 1.29 is 18.9 Å². The number of para-hydroxylation sites is 1. The molecule has 4 rings (SSSR count). The minimum Gasteiger partial charge on any atom is -0.493 e. The molecule has 0 radical (unpaired) electrons. The number of aromatic nitrogens is 2. The maximum absolute atomic E-state index is 6.04. The van der Waals surface area contributed by atoms with Crippen LogP contribution in [-0.4, -0.2) is 31.3 Å². The lowest BCUT2D eigenvalue weighted by Crippen LogP contribution is -2.08. The molecule has 3 aromatic rings. The molecule has 6 nitrogen and oxygen atoms in total. The minimum atomic E-state index is 0.489. The lowest BCUT2D eigenvalue weighted by atomic mass is 10.0. The van der Waals surface area contributed by atoms with Crippen molar-refractivity contribution in [1.29, 1.82) is 0 Å². The average Bonchev–Trinajstić information content (AvgIpc) is 2.71. The van der Waals surface area contributed by atoms with E-state index < -0.39 is 0 Å². The molecule has 0 spiro atoms. The Bertz CT molecular complexity index is 1080. The van der Waals surface area contributed by atoms with E-state index in [2.05, 4.69) is 9.97 Å². The summed E-state index contributed by atoms with van der Waals surface area (Å²) in [5.74, 6) is 3.51. The predicted molar refractivity (Wildman–Crippen MR) is 104 cm³/mol. The van der Waals surface area contributed by atoms with Crippen molar-refractivity contribution in [2.75, 3.05) is 21.3 Å². The van der Waals surface area contributed by atoms with Gasteiger partial charge in [0.25, 0.3) is 0 Å². The Kier molecular flexibility index (Phi) is 4.45. The zero-order valence-electron chi connectivity index (χ0n) is 15.2. The number of hydrogen-bond donors (Lipinski definition) is 1. The van der Waals surface area contributed by atoms with E-state index in [0.717, 1.165) is 16.9 Å². The van der Waals surface area contributed by atoms with E-state index in [-0.39, 0.29) is 0 Å². The number of hydrogen-bond acceptors (Lipinski definition) is 6. The van der Waals surface area contributed by atoms with Crippen LogP contribution in [0.4, 0.5) is 0 Å². The average molecular weight is 382 g/mol. The molecular weight excluding hydrogens is 364 g/mol. The molecule has 0 saturated carbocycles. The topological polar surface area (TPSA) is 65.6 Å². The minimum absolute atomic E-state index is 0.489. The van der Waals surface area contributed by atoms with Crippen LogP contribution in [-0.2, 0) is 6.42 Å². The molecule has 1 aromatic heterocycles. The third-order valence-electron chi connectivity index (χ3n) is 4.49. The molecule has 7 heteroatoms. The lowest BCUT2D eigenvalue weighted by Gasteiger charge is -2.21. The van der Waals surface area contributed by atoms with Crippen LogP contribution in [0.3, 0.4) is 0 Å². The normalized spacial score (nSPS) is 11.8. The van der Waals surface area contributed by atoms with Gasteiger partial charge in [-0.15, -0.1) is 0 Å². The maximum Gasteiger partial charge on any atom is 0.205 e. The Morgan fingerprint density at radius 1 is 1.00 bits per heavy atom. The maximum atomic E-state index is 6.04. The van der Waals surface area contributed by atoms with Crippen LogP contribution in [0.15, 0.2) is 36.4 Å². The molecule has 0 fully saturated rings. The molecule has 0 aliphatic carbocycles. The molecule has 0 atom stereocenters. The summed E-state index contributed by atoms with van der Waals surface area (Å²) in [5, 5.41) is 0. The molecule has 0 amide bonds. The summed E-state index contributed by atoms with van der Waals surface area (Å²) in [7, 11) is 4.71. The number of benzene rings is 2. The van der Waals surface area contributed by atoms with Gasteiger partial charge in [0.15, 0.2) is 11.5 Å². The third-order valence-corrected chi connectivity index (χ3v) is 4.83. The smallest absolute Gasteiger partial charge is 0.205 e. The van der Waals surface area contributed by atoms with Gasteiger partial charge in [-0.3, -0.25) is 0 Å². The van der Waals surface area contributed by atoms with Crippen LogP contribution in [0.2, 0.25) is 0 Å². The summed E-state index contributed by atoms with van der Waals surface area (Å²) in [6.07, 6.45) is 0.678. The Hall–Kier alpha value is -3.06. The number of rotatable bonds is 4. The molecule has 1 aliphatic heterocycles. The molecular formula is C20H18N2O4S. The van der Waals surface area contributed by atoms with Crippen LogP contribution in [0.5, 0.6) is 28.9 Å². The van der Waals surface area contributed by atoms with Gasteiger partial charge < -0.3 is 23.9 Å². The summed E-state index contributed by atoms with van der Waals surface area (Å²) in [5.41, 5.74) is 2.65. The Labute approximate surface area is 161 Å². The second kappa shape index (κ2) is 6.92. The van der Waals surface area contributed by atoms with Gasteiger partial charge in [0.2, 0.25) is 11.6 Å². The van der Waals surface area contributed by atoms with Crippen molar-refractivity contribution in [2.24, 2.45) is 0 Å². The van der Waals surface area contributed by atoms with Crippen molar-refractivity contribution in [3.05, 3.63) is 52.2 Å². The zero-order chi connectivity index (χ0) is 19.0. The van der Waals surface area contributed by atoms with Gasteiger partial charge in [-0.05, 0) is 23.8 Å². The Balaban J connectivity index is 1.86. The molecule has 2 aromatic carbocycles. The molecule has 0 saturated heterocycles. The van der Waals surface area contributed by atoms with Gasteiger partial charge in [0.1, 0.15) is 16.2 Å². The lowest BCUT2D eigenvalue weighted by molar-refractivity contribution is 0.325. The van der Waals surface area contributed by atoms with Crippen molar-refractivity contribution in [3.8, 4) is 40.3 Å². The van der Waals surface area contributed by atoms with E-state index in [1.807, 2.05) is 30.3 Å². The highest BCUT2D eigenvalue weighted by atomic mass is 32.1. The van der Waals surface area contributed by atoms with Crippen LogP contribution in [0.1, 0.15) is 11.1 Å². The van der Waals surface area contributed by atoms with Crippen molar-refractivity contribution in [1.82, 2.24) is 9.97 Å². The Morgan fingerprint density at radius 3 is 2.52 bits per heavy atom. The fourth-order valence-corrected chi connectivity index (χ4v) is 3.44. The number of aromatic amines is 1. The number of ether oxygens (including phenoxy) is 4. The number of methoxy groups -OCH3 is 3. The molecule has 1 N–H and O–H groups in total. The van der Waals surface area contributed by atoms with Gasteiger partial charge in [-0.25, -0.2) is 4.98 Å².